The smallest absolute Gasteiger partial charge is 0.416 e. The molecule has 0 radical (unpaired) electrons. The molecule has 22 heavy (non-hydrogen) atoms. The van der Waals surface area contributed by atoms with E-state index in [9.17, 15) is 13.2 Å². The molecule has 4 nitrogen and oxygen atoms in total. The SMILES string of the molecule is COc1ccc(CN=C(N)NCC(C)C)c(C(F)(F)F)c1.I. The first kappa shape index (κ1) is 20.8. The van der Waals surface area contributed by atoms with Crippen molar-refractivity contribution < 1.29 is 17.9 Å². The second-order valence-electron chi connectivity index (χ2n) is 5.00. The topological polar surface area (TPSA) is 59.6 Å². The van der Waals surface area contributed by atoms with Crippen LogP contribution in [0.4, 0.5) is 13.2 Å². The number of guanidine groups is 1. The predicted molar refractivity (Wildman–Crippen MR) is 91.6 cm³/mol. The van der Waals surface area contributed by atoms with Gasteiger partial charge in [-0.15, -0.1) is 24.0 Å². The minimum atomic E-state index is -4.46. The van der Waals surface area contributed by atoms with Gasteiger partial charge in [0.05, 0.1) is 19.2 Å². The summed E-state index contributed by atoms with van der Waals surface area (Å²) in [5.41, 5.74) is 4.91. The van der Waals surface area contributed by atoms with Crippen LogP contribution in [-0.4, -0.2) is 19.6 Å². The lowest BCUT2D eigenvalue weighted by Gasteiger charge is -2.13. The van der Waals surface area contributed by atoms with Crippen molar-refractivity contribution in [2.75, 3.05) is 13.7 Å². The van der Waals surface area contributed by atoms with Crippen LogP contribution in [0.5, 0.6) is 5.75 Å². The maximum atomic E-state index is 13.0. The standard InChI is InChI=1S/C14H20F3N3O.HI/c1-9(2)7-19-13(18)20-8-10-4-5-11(21-3)6-12(10)14(15,16)17;/h4-6,9H,7-8H2,1-3H3,(H3,18,19,20);1H. The molecule has 0 saturated heterocycles. The van der Waals surface area contributed by atoms with E-state index >= 15 is 0 Å². The van der Waals surface area contributed by atoms with E-state index in [2.05, 4.69) is 10.3 Å². The molecule has 1 aromatic rings. The van der Waals surface area contributed by atoms with Crippen LogP contribution in [0.25, 0.3) is 0 Å². The number of ether oxygens (including phenoxy) is 1. The summed E-state index contributed by atoms with van der Waals surface area (Å²) in [6.45, 7) is 4.46. The minimum Gasteiger partial charge on any atom is -0.497 e. The Labute approximate surface area is 145 Å². The largest absolute Gasteiger partial charge is 0.497 e. The van der Waals surface area contributed by atoms with Gasteiger partial charge in [0.2, 0.25) is 0 Å². The number of rotatable bonds is 5. The van der Waals surface area contributed by atoms with Crippen LogP contribution in [0, 0.1) is 5.92 Å². The number of methoxy groups -OCH3 is 1. The molecule has 3 N–H and O–H groups in total. The van der Waals surface area contributed by atoms with Crippen molar-refractivity contribution in [1.29, 1.82) is 0 Å². The van der Waals surface area contributed by atoms with Crippen molar-refractivity contribution in [3.05, 3.63) is 29.3 Å². The van der Waals surface area contributed by atoms with Gasteiger partial charge in [0.25, 0.3) is 0 Å². The van der Waals surface area contributed by atoms with Gasteiger partial charge in [0.15, 0.2) is 5.96 Å². The third kappa shape index (κ3) is 6.71. The zero-order valence-corrected chi connectivity index (χ0v) is 15.0. The Balaban J connectivity index is 0.00000441. The van der Waals surface area contributed by atoms with Gasteiger partial charge in [-0.25, -0.2) is 4.99 Å². The molecule has 126 valence electrons. The van der Waals surface area contributed by atoms with E-state index in [4.69, 9.17) is 10.5 Å². The van der Waals surface area contributed by atoms with Crippen molar-refractivity contribution in [2.45, 2.75) is 26.6 Å². The summed E-state index contributed by atoms with van der Waals surface area (Å²) in [5.74, 6) is 0.652. The number of halogens is 4. The molecule has 1 rings (SSSR count). The van der Waals surface area contributed by atoms with Crippen LogP contribution in [0.2, 0.25) is 0 Å². The van der Waals surface area contributed by atoms with E-state index in [1.165, 1.54) is 19.2 Å². The van der Waals surface area contributed by atoms with Gasteiger partial charge in [-0.1, -0.05) is 19.9 Å². The predicted octanol–water partition coefficient (Wildman–Crippen LogP) is 3.39. The Hall–Kier alpha value is -1.19. The molecule has 1 aromatic carbocycles. The number of hydrogen-bond donors (Lipinski definition) is 2. The zero-order valence-electron chi connectivity index (χ0n) is 12.7. The summed E-state index contributed by atoms with van der Waals surface area (Å²) in [4.78, 5) is 3.94. The fraction of sp³-hybridized carbons (Fsp3) is 0.500. The molecule has 0 saturated carbocycles. The molecule has 0 aromatic heterocycles. The normalized spacial score (nSPS) is 12.0. The van der Waals surface area contributed by atoms with Gasteiger partial charge >= 0.3 is 6.18 Å². The molecule has 0 fully saturated rings. The van der Waals surface area contributed by atoms with E-state index in [-0.39, 0.29) is 47.8 Å². The average Bonchev–Trinajstić information content (AvgIpc) is 2.41. The Bertz CT molecular complexity index is 505. The summed E-state index contributed by atoms with van der Waals surface area (Å²) in [6.07, 6.45) is -4.46. The maximum absolute atomic E-state index is 13.0. The third-order valence-corrected chi connectivity index (χ3v) is 2.73. The highest BCUT2D eigenvalue weighted by molar-refractivity contribution is 14.0. The third-order valence-electron chi connectivity index (χ3n) is 2.73. The summed E-state index contributed by atoms with van der Waals surface area (Å²) < 4.78 is 43.8. The molecule has 0 aliphatic rings. The van der Waals surface area contributed by atoms with Gasteiger partial charge in [0.1, 0.15) is 5.75 Å². The van der Waals surface area contributed by atoms with Crippen LogP contribution in [0.15, 0.2) is 23.2 Å². The van der Waals surface area contributed by atoms with Crippen molar-refractivity contribution in [1.82, 2.24) is 5.32 Å². The van der Waals surface area contributed by atoms with Gasteiger partial charge in [-0.2, -0.15) is 13.2 Å². The highest BCUT2D eigenvalue weighted by atomic mass is 127. The summed E-state index contributed by atoms with van der Waals surface area (Å²) >= 11 is 0. The van der Waals surface area contributed by atoms with E-state index in [1.807, 2.05) is 13.8 Å². The van der Waals surface area contributed by atoms with Gasteiger partial charge < -0.3 is 15.8 Å². The molecule has 0 atom stereocenters. The molecule has 0 amide bonds. The highest BCUT2D eigenvalue weighted by Gasteiger charge is 2.33. The molecule has 0 heterocycles. The molecule has 0 spiro atoms. The number of hydrogen-bond acceptors (Lipinski definition) is 2. The number of nitrogens with zero attached hydrogens (tertiary/aromatic N) is 1. The monoisotopic (exact) mass is 431 g/mol. The zero-order chi connectivity index (χ0) is 16.0. The Morgan fingerprint density at radius 1 is 1.36 bits per heavy atom. The van der Waals surface area contributed by atoms with Crippen LogP contribution >= 0.6 is 24.0 Å². The summed E-state index contributed by atoms with van der Waals surface area (Å²) in [5, 5.41) is 2.85. The van der Waals surface area contributed by atoms with Crippen LogP contribution in [-0.2, 0) is 12.7 Å². The van der Waals surface area contributed by atoms with Gasteiger partial charge in [0, 0.05) is 6.54 Å². The van der Waals surface area contributed by atoms with E-state index in [0.717, 1.165) is 6.07 Å². The first-order valence-electron chi connectivity index (χ1n) is 6.52. The van der Waals surface area contributed by atoms with E-state index < -0.39 is 11.7 Å². The Morgan fingerprint density at radius 2 is 2.00 bits per heavy atom. The molecule has 0 aliphatic heterocycles. The van der Waals surface area contributed by atoms with Crippen LogP contribution < -0.4 is 15.8 Å². The van der Waals surface area contributed by atoms with Crippen LogP contribution in [0.3, 0.4) is 0 Å². The Morgan fingerprint density at radius 3 is 2.50 bits per heavy atom. The summed E-state index contributed by atoms with van der Waals surface area (Å²) in [6, 6.07) is 3.78. The number of alkyl halides is 3. The lowest BCUT2D eigenvalue weighted by atomic mass is 10.1. The van der Waals surface area contributed by atoms with Crippen LogP contribution in [0.1, 0.15) is 25.0 Å². The minimum absolute atomic E-state index is 0. The first-order valence-corrected chi connectivity index (χ1v) is 6.52. The molecule has 0 unspecified atom stereocenters. The second-order valence-corrected chi connectivity index (χ2v) is 5.00. The fourth-order valence-corrected chi connectivity index (χ4v) is 1.62. The van der Waals surface area contributed by atoms with E-state index in [0.29, 0.717) is 12.5 Å². The van der Waals surface area contributed by atoms with Gasteiger partial charge in [-0.3, -0.25) is 0 Å². The number of nitrogens with one attached hydrogen (secondary N) is 1. The lowest BCUT2D eigenvalue weighted by Crippen LogP contribution is -2.34. The van der Waals surface area contributed by atoms with Crippen molar-refractivity contribution in [3.8, 4) is 5.75 Å². The summed E-state index contributed by atoms with van der Waals surface area (Å²) in [7, 11) is 1.32. The van der Waals surface area contributed by atoms with E-state index in [1.54, 1.807) is 0 Å². The lowest BCUT2D eigenvalue weighted by molar-refractivity contribution is -0.138. The molecular formula is C14H21F3IN3O. The molecular weight excluding hydrogens is 410 g/mol. The van der Waals surface area contributed by atoms with Crippen molar-refractivity contribution >= 4 is 29.9 Å². The first-order chi connectivity index (χ1) is 9.74. The molecule has 0 bridgehead atoms. The molecule has 0 aliphatic carbocycles. The number of aliphatic imine (C=N–C) groups is 1. The van der Waals surface area contributed by atoms with Crippen molar-refractivity contribution in [3.63, 3.8) is 0 Å². The second kappa shape index (κ2) is 9.06. The molecule has 8 heteroatoms. The van der Waals surface area contributed by atoms with Crippen molar-refractivity contribution in [2.24, 2.45) is 16.6 Å². The quantitative estimate of drug-likeness (QED) is 0.427. The highest BCUT2D eigenvalue weighted by Crippen LogP contribution is 2.34. The van der Waals surface area contributed by atoms with Gasteiger partial charge in [-0.05, 0) is 23.6 Å². The Kier molecular flexibility index (Phi) is 8.57. The maximum Gasteiger partial charge on any atom is 0.416 e. The number of benzene rings is 1. The average molecular weight is 431 g/mol. The fourth-order valence-electron chi connectivity index (χ4n) is 1.62. The number of nitrogens with two attached hydrogens (primary N) is 1.